The molecule has 0 unspecified atom stereocenters. The van der Waals surface area contributed by atoms with Crippen molar-refractivity contribution in [3.8, 4) is 28.9 Å². The van der Waals surface area contributed by atoms with Crippen molar-refractivity contribution in [2.45, 2.75) is 11.6 Å². The number of methoxy groups -OCH3 is 1. The zero-order valence-corrected chi connectivity index (χ0v) is 16.1. The Morgan fingerprint density at radius 3 is 2.61 bits per heavy atom. The molecule has 0 aliphatic heterocycles. The lowest BCUT2D eigenvalue weighted by Crippen LogP contribution is -2.26. The lowest BCUT2D eigenvalue weighted by Gasteiger charge is -2.10. The summed E-state index contributed by atoms with van der Waals surface area (Å²) in [6.07, 6.45) is 0.290. The van der Waals surface area contributed by atoms with Crippen LogP contribution in [0.25, 0.3) is 17.1 Å². The largest absolute Gasteiger partial charge is 0.497 e. The lowest BCUT2D eigenvalue weighted by molar-refractivity contribution is -0.118. The van der Waals surface area contributed by atoms with Gasteiger partial charge >= 0.3 is 0 Å². The Bertz CT molecular complexity index is 965. The van der Waals surface area contributed by atoms with Gasteiger partial charge in [0.25, 0.3) is 0 Å². The zero-order valence-electron chi connectivity index (χ0n) is 15.3. The number of thioether (sulfide) groups is 1. The van der Waals surface area contributed by atoms with E-state index in [1.807, 2.05) is 65.2 Å². The molecule has 0 atom stereocenters. The summed E-state index contributed by atoms with van der Waals surface area (Å²) in [5.41, 5.74) is 1.80. The number of amides is 1. The van der Waals surface area contributed by atoms with Crippen molar-refractivity contribution in [1.29, 1.82) is 5.26 Å². The molecule has 1 aromatic heterocycles. The van der Waals surface area contributed by atoms with Crippen LogP contribution in [0.15, 0.2) is 59.8 Å². The number of carbonyl (C=O) groups is 1. The average molecular weight is 393 g/mol. The molecule has 1 amide bonds. The number of benzene rings is 2. The van der Waals surface area contributed by atoms with Gasteiger partial charge in [-0.05, 0) is 36.4 Å². The minimum absolute atomic E-state index is 0.145. The zero-order chi connectivity index (χ0) is 19.8. The highest BCUT2D eigenvalue weighted by molar-refractivity contribution is 7.99. The highest BCUT2D eigenvalue weighted by Crippen LogP contribution is 2.28. The van der Waals surface area contributed by atoms with Gasteiger partial charge < -0.3 is 10.1 Å². The summed E-state index contributed by atoms with van der Waals surface area (Å²) in [6, 6.07) is 19.3. The molecule has 0 bridgehead atoms. The normalized spacial score (nSPS) is 10.3. The lowest BCUT2D eigenvalue weighted by atomic mass is 10.2. The van der Waals surface area contributed by atoms with E-state index in [2.05, 4.69) is 15.5 Å². The van der Waals surface area contributed by atoms with Crippen LogP contribution in [0.4, 0.5) is 0 Å². The van der Waals surface area contributed by atoms with E-state index in [4.69, 9.17) is 10.00 Å². The molecule has 0 aliphatic rings. The topological polar surface area (TPSA) is 92.8 Å². The molecule has 0 saturated heterocycles. The third-order valence-electron chi connectivity index (χ3n) is 3.89. The monoisotopic (exact) mass is 393 g/mol. The van der Waals surface area contributed by atoms with Crippen LogP contribution < -0.4 is 10.1 Å². The molecule has 7 nitrogen and oxygen atoms in total. The van der Waals surface area contributed by atoms with Crippen molar-refractivity contribution < 1.29 is 9.53 Å². The van der Waals surface area contributed by atoms with Crippen molar-refractivity contribution in [2.24, 2.45) is 0 Å². The summed E-state index contributed by atoms with van der Waals surface area (Å²) < 4.78 is 7.14. The van der Waals surface area contributed by atoms with Gasteiger partial charge in [-0.15, -0.1) is 10.2 Å². The molecule has 0 saturated carbocycles. The second kappa shape index (κ2) is 9.58. The van der Waals surface area contributed by atoms with E-state index in [1.54, 1.807) is 7.11 Å². The fourth-order valence-electron chi connectivity index (χ4n) is 2.54. The summed E-state index contributed by atoms with van der Waals surface area (Å²) in [4.78, 5) is 12.0. The molecule has 1 heterocycles. The second-order valence-corrected chi connectivity index (χ2v) is 6.69. The van der Waals surface area contributed by atoms with Crippen LogP contribution in [-0.2, 0) is 4.79 Å². The molecule has 0 spiro atoms. The second-order valence-electron chi connectivity index (χ2n) is 5.75. The number of rotatable bonds is 8. The van der Waals surface area contributed by atoms with Gasteiger partial charge in [0.1, 0.15) is 5.75 Å². The summed E-state index contributed by atoms with van der Waals surface area (Å²) in [7, 11) is 1.62. The minimum Gasteiger partial charge on any atom is -0.497 e. The van der Waals surface area contributed by atoms with E-state index in [0.29, 0.717) is 17.5 Å². The number of nitriles is 1. The van der Waals surface area contributed by atoms with Crippen LogP contribution in [0.3, 0.4) is 0 Å². The van der Waals surface area contributed by atoms with Gasteiger partial charge in [-0.25, -0.2) is 0 Å². The number of para-hydroxylation sites is 1. The highest BCUT2D eigenvalue weighted by atomic mass is 32.2. The number of nitrogens with zero attached hydrogens (tertiary/aromatic N) is 4. The van der Waals surface area contributed by atoms with Crippen LogP contribution >= 0.6 is 11.8 Å². The molecule has 28 heavy (non-hydrogen) atoms. The molecule has 1 N–H and O–H groups in total. The first-order valence-electron chi connectivity index (χ1n) is 8.64. The minimum atomic E-state index is -0.145. The quantitative estimate of drug-likeness (QED) is 0.467. The molecule has 142 valence electrons. The third kappa shape index (κ3) is 4.69. The predicted molar refractivity (Wildman–Crippen MR) is 107 cm³/mol. The number of nitrogens with one attached hydrogen (secondary N) is 1. The maximum Gasteiger partial charge on any atom is 0.230 e. The van der Waals surface area contributed by atoms with Crippen molar-refractivity contribution in [3.63, 3.8) is 0 Å². The van der Waals surface area contributed by atoms with E-state index in [9.17, 15) is 4.79 Å². The Labute approximate surface area is 167 Å². The smallest absolute Gasteiger partial charge is 0.230 e. The van der Waals surface area contributed by atoms with Gasteiger partial charge in [0.2, 0.25) is 5.91 Å². The first-order chi connectivity index (χ1) is 13.7. The first-order valence-corrected chi connectivity index (χ1v) is 9.63. The van der Waals surface area contributed by atoms with E-state index in [0.717, 1.165) is 17.0 Å². The predicted octanol–water partition coefficient (Wildman–Crippen LogP) is 3.06. The van der Waals surface area contributed by atoms with Crippen molar-refractivity contribution in [3.05, 3.63) is 54.6 Å². The van der Waals surface area contributed by atoms with Crippen LogP contribution in [0, 0.1) is 11.3 Å². The fourth-order valence-corrected chi connectivity index (χ4v) is 3.32. The van der Waals surface area contributed by atoms with Crippen LogP contribution in [0.1, 0.15) is 6.42 Å². The number of ether oxygens (including phenoxy) is 1. The Morgan fingerprint density at radius 1 is 1.18 bits per heavy atom. The maximum atomic E-state index is 12.0. The molecule has 2 aromatic carbocycles. The van der Waals surface area contributed by atoms with Gasteiger partial charge in [0.05, 0.1) is 25.4 Å². The maximum absolute atomic E-state index is 12.0. The number of aromatic nitrogens is 3. The van der Waals surface area contributed by atoms with Crippen LogP contribution in [0.5, 0.6) is 5.75 Å². The van der Waals surface area contributed by atoms with Gasteiger partial charge in [0, 0.05) is 17.8 Å². The van der Waals surface area contributed by atoms with Crippen molar-refractivity contribution in [1.82, 2.24) is 20.1 Å². The Hall–Kier alpha value is -3.31. The fraction of sp³-hybridized carbons (Fsp3) is 0.200. The molecule has 8 heteroatoms. The Balaban J connectivity index is 1.87. The summed E-state index contributed by atoms with van der Waals surface area (Å²) in [6.45, 7) is 0.346. The standard InChI is InChI=1S/C20H19N5O2S/c1-27-17-10-8-15(9-11-17)19-23-24-20(25(19)16-6-3-2-4-7-16)28-14-18(26)22-13-5-12-21/h2-4,6-11H,5,13-14H2,1H3,(H,22,26). The van der Waals surface area contributed by atoms with E-state index in [1.165, 1.54) is 11.8 Å². The van der Waals surface area contributed by atoms with Gasteiger partial charge in [-0.2, -0.15) is 5.26 Å². The van der Waals surface area contributed by atoms with Gasteiger partial charge in [0.15, 0.2) is 11.0 Å². The molecular formula is C20H19N5O2S. The van der Waals surface area contributed by atoms with E-state index >= 15 is 0 Å². The molecule has 3 aromatic rings. The summed E-state index contributed by atoms with van der Waals surface area (Å²) >= 11 is 1.30. The average Bonchev–Trinajstić information content (AvgIpc) is 3.17. The third-order valence-corrected chi connectivity index (χ3v) is 4.82. The van der Waals surface area contributed by atoms with Crippen LogP contribution in [0.2, 0.25) is 0 Å². The first kappa shape index (κ1) is 19.5. The Morgan fingerprint density at radius 2 is 1.93 bits per heavy atom. The van der Waals surface area contributed by atoms with Gasteiger partial charge in [-0.1, -0.05) is 30.0 Å². The molecule has 0 aliphatic carbocycles. The summed E-state index contributed by atoms with van der Waals surface area (Å²) in [5.74, 6) is 1.49. The molecular weight excluding hydrogens is 374 g/mol. The molecule has 3 rings (SSSR count). The Kier molecular flexibility index (Phi) is 6.65. The van der Waals surface area contributed by atoms with Crippen molar-refractivity contribution in [2.75, 3.05) is 19.4 Å². The summed E-state index contributed by atoms with van der Waals surface area (Å²) in [5, 5.41) is 20.5. The number of hydrogen-bond acceptors (Lipinski definition) is 6. The van der Waals surface area contributed by atoms with E-state index < -0.39 is 0 Å². The van der Waals surface area contributed by atoms with E-state index in [-0.39, 0.29) is 18.1 Å². The van der Waals surface area contributed by atoms with Gasteiger partial charge in [-0.3, -0.25) is 9.36 Å². The number of hydrogen-bond donors (Lipinski definition) is 1. The van der Waals surface area contributed by atoms with Crippen LogP contribution in [-0.4, -0.2) is 40.1 Å². The number of carbonyl (C=O) groups excluding carboxylic acids is 1. The highest BCUT2D eigenvalue weighted by Gasteiger charge is 2.17. The van der Waals surface area contributed by atoms with Crippen molar-refractivity contribution >= 4 is 17.7 Å². The molecule has 0 radical (unpaired) electrons. The molecule has 0 fully saturated rings. The SMILES string of the molecule is COc1ccc(-c2nnc(SCC(=O)NCCC#N)n2-c2ccccc2)cc1.